The van der Waals surface area contributed by atoms with Crippen molar-refractivity contribution < 1.29 is 9.66 Å². The molecular weight excluding hydrogens is 336 g/mol. The van der Waals surface area contributed by atoms with Crippen LogP contribution in [0, 0.1) is 10.1 Å². The number of hydrogen-bond acceptors (Lipinski definition) is 4. The number of benzene rings is 2. The average Bonchev–Trinajstić information content (AvgIpc) is 2.47. The molecule has 0 aliphatic heterocycles. The Kier molecular flexibility index (Phi) is 5.30. The van der Waals surface area contributed by atoms with Crippen LogP contribution in [-0.4, -0.2) is 11.5 Å². The molecule has 0 fully saturated rings. The van der Waals surface area contributed by atoms with Gasteiger partial charge in [0.25, 0.3) is 5.69 Å². The van der Waals surface area contributed by atoms with Gasteiger partial charge in [-0.05, 0) is 30.3 Å². The molecule has 2 rings (SSSR count). The molecular formula is C15H15BrN2O3. The van der Waals surface area contributed by atoms with Gasteiger partial charge in [0.1, 0.15) is 11.5 Å². The van der Waals surface area contributed by atoms with Crippen LogP contribution >= 0.6 is 15.9 Å². The van der Waals surface area contributed by atoms with Crippen molar-refractivity contribution >= 4 is 21.6 Å². The Morgan fingerprint density at radius 2 is 2.00 bits per heavy atom. The first-order valence-electron chi connectivity index (χ1n) is 6.51. The number of ether oxygens (including phenoxy) is 1. The van der Waals surface area contributed by atoms with Crippen molar-refractivity contribution in [3.05, 3.63) is 62.6 Å². The van der Waals surface area contributed by atoms with Gasteiger partial charge in [0, 0.05) is 17.1 Å². The molecule has 0 aliphatic carbocycles. The number of rotatable bonds is 6. The van der Waals surface area contributed by atoms with Gasteiger partial charge in [-0.15, -0.1) is 0 Å². The molecule has 2 aromatic rings. The number of hydrogen-bond donors (Lipinski definition) is 1. The van der Waals surface area contributed by atoms with E-state index in [1.54, 1.807) is 12.1 Å². The fourth-order valence-corrected chi connectivity index (χ4v) is 2.29. The van der Waals surface area contributed by atoms with Crippen LogP contribution in [0.2, 0.25) is 0 Å². The molecule has 0 heterocycles. The summed E-state index contributed by atoms with van der Waals surface area (Å²) in [5.41, 5.74) is 1.14. The van der Waals surface area contributed by atoms with Gasteiger partial charge in [0.2, 0.25) is 0 Å². The second kappa shape index (κ2) is 7.19. The lowest BCUT2D eigenvalue weighted by molar-refractivity contribution is -0.384. The minimum Gasteiger partial charge on any atom is -0.457 e. The summed E-state index contributed by atoms with van der Waals surface area (Å²) in [5.74, 6) is 1.07. The maximum Gasteiger partial charge on any atom is 0.273 e. The van der Waals surface area contributed by atoms with E-state index in [1.807, 2.05) is 25.1 Å². The fourth-order valence-electron chi connectivity index (χ4n) is 1.79. The van der Waals surface area contributed by atoms with Crippen LogP contribution in [0.1, 0.15) is 12.5 Å². The Bertz CT molecular complexity index is 647. The van der Waals surface area contributed by atoms with Gasteiger partial charge in [-0.1, -0.05) is 35.0 Å². The van der Waals surface area contributed by atoms with Gasteiger partial charge in [0.15, 0.2) is 0 Å². The number of nitro benzene ring substituents is 1. The molecule has 6 heteroatoms. The Morgan fingerprint density at radius 1 is 1.24 bits per heavy atom. The highest BCUT2D eigenvalue weighted by Gasteiger charge is 2.08. The number of nitrogens with one attached hydrogen (secondary N) is 1. The van der Waals surface area contributed by atoms with Gasteiger partial charge < -0.3 is 10.1 Å². The molecule has 5 nitrogen and oxygen atoms in total. The molecule has 0 atom stereocenters. The lowest BCUT2D eigenvalue weighted by Gasteiger charge is -2.09. The highest BCUT2D eigenvalue weighted by Crippen LogP contribution is 2.28. The van der Waals surface area contributed by atoms with E-state index in [4.69, 9.17) is 4.74 Å². The van der Waals surface area contributed by atoms with E-state index in [1.165, 1.54) is 12.1 Å². The Labute approximate surface area is 131 Å². The standard InChI is InChI=1S/C15H15BrN2O3/c1-2-17-10-11-6-7-14(9-15(11)16)21-13-5-3-4-12(8-13)18(19)20/h3-9,17H,2,10H2,1H3. The molecule has 110 valence electrons. The van der Waals surface area contributed by atoms with Gasteiger partial charge >= 0.3 is 0 Å². The third kappa shape index (κ3) is 4.27. The van der Waals surface area contributed by atoms with Crippen LogP contribution in [0.3, 0.4) is 0 Å². The summed E-state index contributed by atoms with van der Waals surface area (Å²) in [4.78, 5) is 10.3. The molecule has 0 spiro atoms. The highest BCUT2D eigenvalue weighted by atomic mass is 79.9. The second-order valence-corrected chi connectivity index (χ2v) is 5.24. The number of nitro groups is 1. The molecule has 0 radical (unpaired) electrons. The molecule has 0 saturated heterocycles. The zero-order valence-electron chi connectivity index (χ0n) is 11.5. The highest BCUT2D eigenvalue weighted by molar-refractivity contribution is 9.10. The molecule has 0 aliphatic rings. The van der Waals surface area contributed by atoms with Crippen molar-refractivity contribution in [2.75, 3.05) is 6.54 Å². The van der Waals surface area contributed by atoms with Crippen molar-refractivity contribution in [2.24, 2.45) is 0 Å². The van der Waals surface area contributed by atoms with Crippen LogP contribution in [-0.2, 0) is 6.54 Å². The molecule has 0 unspecified atom stereocenters. The SMILES string of the molecule is CCNCc1ccc(Oc2cccc([N+](=O)[O-])c2)cc1Br. The summed E-state index contributed by atoms with van der Waals surface area (Å²) in [6, 6.07) is 11.8. The topological polar surface area (TPSA) is 64.4 Å². The van der Waals surface area contributed by atoms with Crippen molar-refractivity contribution in [3.63, 3.8) is 0 Å². The minimum absolute atomic E-state index is 0.00957. The van der Waals surface area contributed by atoms with Gasteiger partial charge in [-0.25, -0.2) is 0 Å². The van der Waals surface area contributed by atoms with Gasteiger partial charge in [-0.3, -0.25) is 10.1 Å². The van der Waals surface area contributed by atoms with Crippen LogP contribution < -0.4 is 10.1 Å². The summed E-state index contributed by atoms with van der Waals surface area (Å²) < 4.78 is 6.59. The van der Waals surface area contributed by atoms with Crippen LogP contribution in [0.5, 0.6) is 11.5 Å². The van der Waals surface area contributed by atoms with E-state index in [-0.39, 0.29) is 5.69 Å². The fraction of sp³-hybridized carbons (Fsp3) is 0.200. The Morgan fingerprint density at radius 3 is 2.67 bits per heavy atom. The summed E-state index contributed by atoms with van der Waals surface area (Å²) in [7, 11) is 0. The summed E-state index contributed by atoms with van der Waals surface area (Å²) in [5, 5.41) is 14.0. The molecule has 0 bridgehead atoms. The maximum absolute atomic E-state index is 10.7. The van der Waals surface area contributed by atoms with Crippen molar-refractivity contribution in [1.29, 1.82) is 0 Å². The Balaban J connectivity index is 2.14. The van der Waals surface area contributed by atoms with Crippen molar-refractivity contribution in [1.82, 2.24) is 5.32 Å². The monoisotopic (exact) mass is 350 g/mol. The van der Waals surface area contributed by atoms with Gasteiger partial charge in [-0.2, -0.15) is 0 Å². The lowest BCUT2D eigenvalue weighted by Crippen LogP contribution is -2.11. The maximum atomic E-state index is 10.7. The van der Waals surface area contributed by atoms with Crippen molar-refractivity contribution in [3.8, 4) is 11.5 Å². The molecule has 0 saturated carbocycles. The van der Waals surface area contributed by atoms with E-state index in [0.717, 1.165) is 23.1 Å². The molecule has 0 amide bonds. The smallest absolute Gasteiger partial charge is 0.273 e. The third-order valence-electron chi connectivity index (χ3n) is 2.85. The zero-order chi connectivity index (χ0) is 15.2. The summed E-state index contributed by atoms with van der Waals surface area (Å²) in [6.45, 7) is 3.72. The largest absolute Gasteiger partial charge is 0.457 e. The van der Waals surface area contributed by atoms with E-state index in [9.17, 15) is 10.1 Å². The molecule has 2 aromatic carbocycles. The molecule has 0 aromatic heterocycles. The average molecular weight is 351 g/mol. The zero-order valence-corrected chi connectivity index (χ0v) is 13.1. The third-order valence-corrected chi connectivity index (χ3v) is 3.59. The normalized spacial score (nSPS) is 10.4. The molecule has 1 N–H and O–H groups in total. The van der Waals surface area contributed by atoms with Crippen LogP contribution in [0.25, 0.3) is 0 Å². The van der Waals surface area contributed by atoms with Crippen LogP contribution in [0.4, 0.5) is 5.69 Å². The molecule has 21 heavy (non-hydrogen) atoms. The number of halogens is 1. The second-order valence-electron chi connectivity index (χ2n) is 4.39. The predicted molar refractivity (Wildman–Crippen MR) is 84.7 cm³/mol. The van der Waals surface area contributed by atoms with Crippen LogP contribution in [0.15, 0.2) is 46.9 Å². The first-order chi connectivity index (χ1) is 10.1. The predicted octanol–water partition coefficient (Wildman–Crippen LogP) is 4.26. The quantitative estimate of drug-likeness (QED) is 0.624. The summed E-state index contributed by atoms with van der Waals surface area (Å²) in [6.07, 6.45) is 0. The Hall–Kier alpha value is -1.92. The first-order valence-corrected chi connectivity index (χ1v) is 7.31. The van der Waals surface area contributed by atoms with E-state index >= 15 is 0 Å². The number of nitrogens with zero attached hydrogens (tertiary/aromatic N) is 1. The van der Waals surface area contributed by atoms with E-state index in [2.05, 4.69) is 21.2 Å². The summed E-state index contributed by atoms with van der Waals surface area (Å²) >= 11 is 3.50. The lowest BCUT2D eigenvalue weighted by atomic mass is 10.2. The first kappa shape index (κ1) is 15.5. The van der Waals surface area contributed by atoms with E-state index < -0.39 is 4.92 Å². The van der Waals surface area contributed by atoms with E-state index in [0.29, 0.717) is 11.5 Å². The number of non-ortho nitro benzene ring substituents is 1. The minimum atomic E-state index is -0.442. The van der Waals surface area contributed by atoms with Crippen molar-refractivity contribution in [2.45, 2.75) is 13.5 Å². The van der Waals surface area contributed by atoms with Gasteiger partial charge in [0.05, 0.1) is 11.0 Å².